The summed E-state index contributed by atoms with van der Waals surface area (Å²) >= 11 is 11.0. The van der Waals surface area contributed by atoms with Crippen LogP contribution >= 0.6 is 23.8 Å². The summed E-state index contributed by atoms with van der Waals surface area (Å²) in [5, 5.41) is 17.7. The van der Waals surface area contributed by atoms with Crippen molar-refractivity contribution in [2.75, 3.05) is 6.54 Å². The molecule has 0 aromatic heterocycles. The molecule has 1 aromatic carbocycles. The maximum Gasteiger partial charge on any atom is 0.186 e. The van der Waals surface area contributed by atoms with E-state index in [0.717, 1.165) is 13.0 Å². The Labute approximate surface area is 136 Å². The van der Waals surface area contributed by atoms with E-state index in [4.69, 9.17) is 23.8 Å². The minimum absolute atomic E-state index is 0.125. The molecule has 21 heavy (non-hydrogen) atoms. The van der Waals surface area contributed by atoms with Gasteiger partial charge in [0, 0.05) is 17.1 Å². The van der Waals surface area contributed by atoms with E-state index in [9.17, 15) is 5.11 Å². The van der Waals surface area contributed by atoms with Crippen molar-refractivity contribution in [2.24, 2.45) is 5.10 Å². The van der Waals surface area contributed by atoms with Crippen LogP contribution in [0.4, 0.5) is 0 Å². The molecule has 116 valence electrons. The van der Waals surface area contributed by atoms with E-state index in [0.29, 0.717) is 15.7 Å². The van der Waals surface area contributed by atoms with Gasteiger partial charge in [0.15, 0.2) is 5.11 Å². The number of hydrogen-bond acceptors (Lipinski definition) is 3. The molecule has 1 rings (SSSR count). The van der Waals surface area contributed by atoms with Crippen LogP contribution in [0, 0.1) is 0 Å². The number of halogens is 1. The lowest BCUT2D eigenvalue weighted by atomic mass is 10.1. The lowest BCUT2D eigenvalue weighted by molar-refractivity contribution is 0.474. The van der Waals surface area contributed by atoms with E-state index in [1.807, 2.05) is 0 Å². The summed E-state index contributed by atoms with van der Waals surface area (Å²) in [4.78, 5) is 0. The molecule has 0 spiro atoms. The first-order chi connectivity index (χ1) is 10.1. The van der Waals surface area contributed by atoms with E-state index in [-0.39, 0.29) is 5.75 Å². The van der Waals surface area contributed by atoms with Gasteiger partial charge in [0.1, 0.15) is 5.75 Å². The molecule has 6 heteroatoms. The molecule has 0 heterocycles. The summed E-state index contributed by atoms with van der Waals surface area (Å²) in [7, 11) is 0. The molecule has 0 aliphatic carbocycles. The Balaban J connectivity index is 2.23. The Kier molecular flexibility index (Phi) is 8.78. The van der Waals surface area contributed by atoms with Crippen LogP contribution in [0.3, 0.4) is 0 Å². The third-order valence-electron chi connectivity index (χ3n) is 2.93. The van der Waals surface area contributed by atoms with Gasteiger partial charge in [-0.3, -0.25) is 5.43 Å². The first kappa shape index (κ1) is 17.7. The standard InChI is InChI=1S/C15H22ClN3OS/c1-2-3-4-5-6-9-17-15(21)19-18-11-12-10-13(16)7-8-14(12)20/h7-8,10-11,20H,2-6,9H2,1H3,(H2,17,19,21). The highest BCUT2D eigenvalue weighted by molar-refractivity contribution is 7.80. The second-order valence-electron chi connectivity index (χ2n) is 4.74. The zero-order chi connectivity index (χ0) is 15.5. The van der Waals surface area contributed by atoms with E-state index >= 15 is 0 Å². The molecule has 0 amide bonds. The molecule has 4 nitrogen and oxygen atoms in total. The number of hydrogen-bond donors (Lipinski definition) is 3. The molecular weight excluding hydrogens is 306 g/mol. The van der Waals surface area contributed by atoms with E-state index in [2.05, 4.69) is 22.8 Å². The van der Waals surface area contributed by atoms with Gasteiger partial charge in [-0.1, -0.05) is 44.2 Å². The SMILES string of the molecule is CCCCCCCNC(=S)NN=Cc1cc(Cl)ccc1O. The number of rotatable bonds is 8. The average Bonchev–Trinajstić information content (AvgIpc) is 2.46. The number of phenolic OH excluding ortho intramolecular Hbond substituents is 1. The number of nitrogens with zero attached hydrogens (tertiary/aromatic N) is 1. The average molecular weight is 328 g/mol. The molecular formula is C15H22ClN3OS. The van der Waals surface area contributed by atoms with Crippen LogP contribution in [0.15, 0.2) is 23.3 Å². The van der Waals surface area contributed by atoms with Gasteiger partial charge in [-0.2, -0.15) is 5.10 Å². The quantitative estimate of drug-likeness (QED) is 0.294. The van der Waals surface area contributed by atoms with Crippen molar-refractivity contribution in [1.82, 2.24) is 10.7 Å². The van der Waals surface area contributed by atoms with Crippen LogP contribution in [0.5, 0.6) is 5.75 Å². The number of hydrazone groups is 1. The predicted molar refractivity (Wildman–Crippen MR) is 93.2 cm³/mol. The number of thiocarbonyl (C=S) groups is 1. The molecule has 0 aliphatic rings. The molecule has 0 saturated heterocycles. The topological polar surface area (TPSA) is 56.7 Å². The van der Waals surface area contributed by atoms with Gasteiger partial charge in [0.25, 0.3) is 0 Å². The molecule has 0 bridgehead atoms. The first-order valence-electron chi connectivity index (χ1n) is 7.19. The summed E-state index contributed by atoms with van der Waals surface area (Å²) in [6.45, 7) is 3.04. The highest BCUT2D eigenvalue weighted by atomic mass is 35.5. The second-order valence-corrected chi connectivity index (χ2v) is 5.59. The molecule has 0 radical (unpaired) electrons. The van der Waals surface area contributed by atoms with Gasteiger partial charge in [-0.05, 0) is 36.8 Å². The lowest BCUT2D eigenvalue weighted by Crippen LogP contribution is -2.32. The smallest absolute Gasteiger partial charge is 0.186 e. The third-order valence-corrected chi connectivity index (χ3v) is 3.40. The van der Waals surface area contributed by atoms with Crippen molar-refractivity contribution in [3.05, 3.63) is 28.8 Å². The van der Waals surface area contributed by atoms with E-state index < -0.39 is 0 Å². The van der Waals surface area contributed by atoms with Gasteiger partial charge < -0.3 is 10.4 Å². The van der Waals surface area contributed by atoms with Gasteiger partial charge >= 0.3 is 0 Å². The van der Waals surface area contributed by atoms with E-state index in [1.165, 1.54) is 38.0 Å². The van der Waals surface area contributed by atoms with Crippen LogP contribution in [-0.2, 0) is 0 Å². The molecule has 0 saturated carbocycles. The molecule has 0 unspecified atom stereocenters. The van der Waals surface area contributed by atoms with Crippen molar-refractivity contribution in [1.29, 1.82) is 0 Å². The van der Waals surface area contributed by atoms with Crippen LogP contribution in [-0.4, -0.2) is 23.0 Å². The fourth-order valence-corrected chi connectivity index (χ4v) is 2.09. The van der Waals surface area contributed by atoms with Crippen LogP contribution in [0.2, 0.25) is 5.02 Å². The van der Waals surface area contributed by atoms with Gasteiger partial charge in [0.2, 0.25) is 0 Å². The zero-order valence-electron chi connectivity index (χ0n) is 12.2. The Bertz CT molecular complexity index is 480. The lowest BCUT2D eigenvalue weighted by Gasteiger charge is -2.06. The largest absolute Gasteiger partial charge is 0.507 e. The highest BCUT2D eigenvalue weighted by Gasteiger charge is 1.99. The Morgan fingerprint density at radius 1 is 1.33 bits per heavy atom. The normalized spacial score (nSPS) is 10.8. The summed E-state index contributed by atoms with van der Waals surface area (Å²) in [5.41, 5.74) is 3.25. The van der Waals surface area contributed by atoms with Crippen LogP contribution in [0.1, 0.15) is 44.6 Å². The highest BCUT2D eigenvalue weighted by Crippen LogP contribution is 2.19. The molecule has 0 fully saturated rings. The van der Waals surface area contributed by atoms with Crippen molar-refractivity contribution in [3.63, 3.8) is 0 Å². The summed E-state index contributed by atoms with van der Waals surface area (Å²) < 4.78 is 0. The number of nitrogens with one attached hydrogen (secondary N) is 2. The van der Waals surface area contributed by atoms with Crippen molar-refractivity contribution in [2.45, 2.75) is 39.0 Å². The Morgan fingerprint density at radius 2 is 2.10 bits per heavy atom. The molecule has 0 aliphatic heterocycles. The number of aromatic hydroxyl groups is 1. The molecule has 0 atom stereocenters. The van der Waals surface area contributed by atoms with Crippen molar-refractivity contribution < 1.29 is 5.11 Å². The predicted octanol–water partition coefficient (Wildman–Crippen LogP) is 3.81. The summed E-state index contributed by atoms with van der Waals surface area (Å²) in [6, 6.07) is 4.77. The number of benzene rings is 1. The maximum atomic E-state index is 9.62. The minimum Gasteiger partial charge on any atom is -0.507 e. The van der Waals surface area contributed by atoms with Crippen LogP contribution in [0.25, 0.3) is 0 Å². The fraction of sp³-hybridized carbons (Fsp3) is 0.467. The van der Waals surface area contributed by atoms with Gasteiger partial charge in [-0.25, -0.2) is 0 Å². The Morgan fingerprint density at radius 3 is 2.86 bits per heavy atom. The third kappa shape index (κ3) is 7.87. The van der Waals surface area contributed by atoms with Gasteiger partial charge in [-0.15, -0.1) is 0 Å². The summed E-state index contributed by atoms with van der Waals surface area (Å²) in [5.74, 6) is 0.125. The fourth-order valence-electron chi connectivity index (χ4n) is 1.76. The summed E-state index contributed by atoms with van der Waals surface area (Å²) in [6.07, 6.45) is 7.60. The number of unbranched alkanes of at least 4 members (excludes halogenated alkanes) is 4. The van der Waals surface area contributed by atoms with Crippen molar-refractivity contribution in [3.8, 4) is 5.75 Å². The first-order valence-corrected chi connectivity index (χ1v) is 7.97. The number of phenols is 1. The van der Waals surface area contributed by atoms with Crippen molar-refractivity contribution >= 4 is 35.1 Å². The van der Waals surface area contributed by atoms with Crippen LogP contribution < -0.4 is 10.7 Å². The second kappa shape index (κ2) is 10.4. The van der Waals surface area contributed by atoms with E-state index in [1.54, 1.807) is 12.1 Å². The van der Waals surface area contributed by atoms with Gasteiger partial charge in [0.05, 0.1) is 6.21 Å². The molecule has 1 aromatic rings. The Hall–Kier alpha value is -1.33. The monoisotopic (exact) mass is 327 g/mol. The maximum absolute atomic E-state index is 9.62. The zero-order valence-corrected chi connectivity index (χ0v) is 13.8. The molecule has 3 N–H and O–H groups in total. The minimum atomic E-state index is 0.125.